The summed E-state index contributed by atoms with van der Waals surface area (Å²) in [4.78, 5) is 22.9. The number of aliphatic carboxylic acids is 1. The molecule has 0 heterocycles. The number of carbonyl (C=O) groups is 2. The fraction of sp³-hybridized carbons (Fsp3) is 0.238. The van der Waals surface area contributed by atoms with Crippen molar-refractivity contribution in [3.05, 3.63) is 70.8 Å². The summed E-state index contributed by atoms with van der Waals surface area (Å²) < 4.78 is 5.46. The lowest BCUT2D eigenvalue weighted by Gasteiger charge is -2.21. The van der Waals surface area contributed by atoms with Gasteiger partial charge in [-0.15, -0.1) is 0 Å². The van der Waals surface area contributed by atoms with Crippen LogP contribution in [0.15, 0.2) is 54.6 Å². The monoisotopic (exact) mass is 387 g/mol. The molecule has 2 aromatic carbocycles. The molecule has 0 spiro atoms. The molecule has 1 amide bonds. The first-order valence-corrected chi connectivity index (χ1v) is 8.87. The molecule has 0 aromatic heterocycles. The minimum absolute atomic E-state index is 0.173. The first kappa shape index (κ1) is 20.5. The first-order chi connectivity index (χ1) is 12.8. The normalized spacial score (nSPS) is 11.4. The number of rotatable bonds is 8. The van der Waals surface area contributed by atoms with E-state index in [4.69, 9.17) is 21.4 Å². The van der Waals surface area contributed by atoms with E-state index in [1.165, 1.54) is 19.9 Å². The van der Waals surface area contributed by atoms with E-state index < -0.39 is 11.6 Å². The Kier molecular flexibility index (Phi) is 7.02. The number of carboxylic acids is 1. The second-order valence-corrected chi connectivity index (χ2v) is 6.92. The summed E-state index contributed by atoms with van der Waals surface area (Å²) in [5.74, 6) is -0.713. The van der Waals surface area contributed by atoms with Crippen molar-refractivity contribution in [1.82, 2.24) is 5.32 Å². The van der Waals surface area contributed by atoms with Crippen molar-refractivity contribution in [2.75, 3.05) is 6.54 Å². The summed E-state index contributed by atoms with van der Waals surface area (Å²) in [6.07, 6.45) is 3.86. The Hall–Kier alpha value is -2.79. The van der Waals surface area contributed by atoms with Crippen LogP contribution in [0.3, 0.4) is 0 Å². The SMILES string of the molecule is CC(C)(Oc1ccc(CCNC(=O)/C=C/c2ccc(Cl)cc2)cc1)C(=O)O. The summed E-state index contributed by atoms with van der Waals surface area (Å²) in [6.45, 7) is 3.48. The molecule has 5 nitrogen and oxygen atoms in total. The highest BCUT2D eigenvalue weighted by Crippen LogP contribution is 2.19. The van der Waals surface area contributed by atoms with Crippen molar-refractivity contribution >= 4 is 29.6 Å². The Balaban J connectivity index is 1.78. The van der Waals surface area contributed by atoms with E-state index in [0.717, 1.165) is 11.1 Å². The number of carboxylic acid groups (broad SMARTS) is 1. The standard InChI is InChI=1S/C21H22ClNO4/c1-21(2,20(25)26)27-18-10-5-16(6-11-18)13-14-23-19(24)12-7-15-3-8-17(22)9-4-15/h3-12H,13-14H2,1-2H3,(H,23,24)(H,25,26)/b12-7+. The van der Waals surface area contributed by atoms with Gasteiger partial charge in [-0.1, -0.05) is 35.9 Å². The molecule has 0 bridgehead atoms. The number of ether oxygens (including phenoxy) is 1. The Labute approximate surface area is 163 Å². The van der Waals surface area contributed by atoms with Crippen molar-refractivity contribution in [3.63, 3.8) is 0 Å². The third-order valence-electron chi connectivity index (χ3n) is 3.82. The van der Waals surface area contributed by atoms with Crippen LogP contribution >= 0.6 is 11.6 Å². The largest absolute Gasteiger partial charge is 0.478 e. The summed E-state index contributed by atoms with van der Waals surface area (Å²) in [7, 11) is 0. The van der Waals surface area contributed by atoms with Gasteiger partial charge in [-0.25, -0.2) is 4.79 Å². The number of hydrogen-bond acceptors (Lipinski definition) is 3. The Morgan fingerprint density at radius 1 is 1.11 bits per heavy atom. The predicted octanol–water partition coefficient (Wildman–Crippen LogP) is 3.95. The van der Waals surface area contributed by atoms with Crippen LogP contribution < -0.4 is 10.1 Å². The summed E-state index contributed by atoms with van der Waals surface area (Å²) in [6, 6.07) is 14.4. The van der Waals surface area contributed by atoms with Crippen LogP contribution in [0.2, 0.25) is 5.02 Å². The van der Waals surface area contributed by atoms with Crippen molar-refractivity contribution in [2.45, 2.75) is 25.9 Å². The van der Waals surface area contributed by atoms with E-state index >= 15 is 0 Å². The van der Waals surface area contributed by atoms with Crippen LogP contribution in [-0.2, 0) is 16.0 Å². The summed E-state index contributed by atoms with van der Waals surface area (Å²) >= 11 is 5.82. The van der Waals surface area contributed by atoms with Gasteiger partial charge in [-0.3, -0.25) is 4.79 Å². The maximum absolute atomic E-state index is 11.8. The smallest absolute Gasteiger partial charge is 0.347 e. The van der Waals surface area contributed by atoms with Gasteiger partial charge in [-0.05, 0) is 61.7 Å². The lowest BCUT2D eigenvalue weighted by Crippen LogP contribution is -2.37. The van der Waals surface area contributed by atoms with E-state index in [-0.39, 0.29) is 5.91 Å². The molecule has 0 saturated heterocycles. The van der Waals surface area contributed by atoms with E-state index in [1.807, 2.05) is 24.3 Å². The van der Waals surface area contributed by atoms with Crippen molar-refractivity contribution in [3.8, 4) is 5.75 Å². The highest BCUT2D eigenvalue weighted by Gasteiger charge is 2.29. The molecular formula is C21H22ClNO4. The zero-order chi connectivity index (χ0) is 19.9. The van der Waals surface area contributed by atoms with E-state index in [9.17, 15) is 9.59 Å². The number of amides is 1. The molecule has 0 unspecified atom stereocenters. The van der Waals surface area contributed by atoms with Crippen LogP contribution in [0.25, 0.3) is 6.08 Å². The fourth-order valence-corrected chi connectivity index (χ4v) is 2.32. The van der Waals surface area contributed by atoms with Crippen molar-refractivity contribution < 1.29 is 19.4 Å². The molecular weight excluding hydrogens is 366 g/mol. The van der Waals surface area contributed by atoms with Gasteiger partial charge in [0.05, 0.1) is 0 Å². The summed E-state index contributed by atoms with van der Waals surface area (Å²) in [5, 5.41) is 12.5. The van der Waals surface area contributed by atoms with Crippen LogP contribution in [0.5, 0.6) is 5.75 Å². The van der Waals surface area contributed by atoms with Gasteiger partial charge in [0, 0.05) is 17.6 Å². The second kappa shape index (κ2) is 9.24. The molecule has 0 radical (unpaired) electrons. The third-order valence-corrected chi connectivity index (χ3v) is 4.07. The molecule has 2 aromatic rings. The van der Waals surface area contributed by atoms with Crippen molar-refractivity contribution in [2.24, 2.45) is 0 Å². The maximum Gasteiger partial charge on any atom is 0.347 e. The molecule has 27 heavy (non-hydrogen) atoms. The Morgan fingerprint density at radius 2 is 1.74 bits per heavy atom. The van der Waals surface area contributed by atoms with Crippen LogP contribution in [0, 0.1) is 0 Å². The Bertz CT molecular complexity index is 811. The number of halogens is 1. The predicted molar refractivity (Wildman–Crippen MR) is 106 cm³/mol. The van der Waals surface area contributed by atoms with Gasteiger partial charge in [0.15, 0.2) is 5.60 Å². The number of benzene rings is 2. The second-order valence-electron chi connectivity index (χ2n) is 6.49. The number of nitrogens with one attached hydrogen (secondary N) is 1. The zero-order valence-electron chi connectivity index (χ0n) is 15.2. The van der Waals surface area contributed by atoms with Gasteiger partial charge < -0.3 is 15.2 Å². The van der Waals surface area contributed by atoms with E-state index in [2.05, 4.69) is 5.32 Å². The lowest BCUT2D eigenvalue weighted by molar-refractivity contribution is -0.152. The summed E-state index contributed by atoms with van der Waals surface area (Å²) in [5.41, 5.74) is 0.623. The number of hydrogen-bond donors (Lipinski definition) is 2. The lowest BCUT2D eigenvalue weighted by atomic mass is 10.1. The minimum Gasteiger partial charge on any atom is -0.478 e. The van der Waals surface area contributed by atoms with Crippen LogP contribution in [0.1, 0.15) is 25.0 Å². The van der Waals surface area contributed by atoms with E-state index in [0.29, 0.717) is 23.7 Å². The third kappa shape index (κ3) is 6.79. The highest BCUT2D eigenvalue weighted by molar-refractivity contribution is 6.30. The minimum atomic E-state index is -1.29. The molecule has 0 saturated carbocycles. The number of carbonyl (C=O) groups excluding carboxylic acids is 1. The molecule has 6 heteroatoms. The van der Waals surface area contributed by atoms with Gasteiger partial charge in [-0.2, -0.15) is 0 Å². The molecule has 0 aliphatic heterocycles. The van der Waals surface area contributed by atoms with Gasteiger partial charge in [0.25, 0.3) is 0 Å². The molecule has 0 aliphatic carbocycles. The molecule has 0 fully saturated rings. The fourth-order valence-electron chi connectivity index (χ4n) is 2.20. The topological polar surface area (TPSA) is 75.6 Å². The maximum atomic E-state index is 11.8. The molecule has 0 aliphatic rings. The van der Waals surface area contributed by atoms with Crippen LogP contribution in [0.4, 0.5) is 0 Å². The Morgan fingerprint density at radius 3 is 2.33 bits per heavy atom. The average molecular weight is 388 g/mol. The molecule has 2 N–H and O–H groups in total. The average Bonchev–Trinajstić information content (AvgIpc) is 2.62. The van der Waals surface area contributed by atoms with Crippen LogP contribution in [-0.4, -0.2) is 29.1 Å². The van der Waals surface area contributed by atoms with Gasteiger partial charge in [0.2, 0.25) is 5.91 Å². The van der Waals surface area contributed by atoms with Crippen molar-refractivity contribution in [1.29, 1.82) is 0 Å². The molecule has 0 atom stereocenters. The van der Waals surface area contributed by atoms with Gasteiger partial charge in [0.1, 0.15) is 5.75 Å². The highest BCUT2D eigenvalue weighted by atomic mass is 35.5. The molecule has 2 rings (SSSR count). The first-order valence-electron chi connectivity index (χ1n) is 8.49. The van der Waals surface area contributed by atoms with E-state index in [1.54, 1.807) is 30.3 Å². The quantitative estimate of drug-likeness (QED) is 0.672. The zero-order valence-corrected chi connectivity index (χ0v) is 16.0. The molecule has 142 valence electrons. The van der Waals surface area contributed by atoms with Gasteiger partial charge >= 0.3 is 5.97 Å².